The van der Waals surface area contributed by atoms with Crippen LogP contribution in [0.2, 0.25) is 0 Å². The Bertz CT molecular complexity index is 829. The third-order valence-electron chi connectivity index (χ3n) is 3.05. The summed E-state index contributed by atoms with van der Waals surface area (Å²) in [6, 6.07) is 3.17. The van der Waals surface area contributed by atoms with Gasteiger partial charge in [0.1, 0.15) is 0 Å². The molecule has 0 radical (unpaired) electrons. The molecule has 25 heavy (non-hydrogen) atoms. The second kappa shape index (κ2) is 6.51. The fourth-order valence-electron chi connectivity index (χ4n) is 2.02. The van der Waals surface area contributed by atoms with Gasteiger partial charge in [-0.2, -0.15) is 31.4 Å². The second-order valence-electron chi connectivity index (χ2n) is 4.75. The number of nitrogens with zero attached hydrogens (tertiary/aromatic N) is 2. The molecule has 2 rings (SSSR count). The van der Waals surface area contributed by atoms with Crippen molar-refractivity contribution < 1.29 is 31.1 Å². The van der Waals surface area contributed by atoms with Crippen LogP contribution in [0.25, 0.3) is 5.69 Å². The lowest BCUT2D eigenvalue weighted by Crippen LogP contribution is -2.27. The number of amides is 1. The largest absolute Gasteiger partial charge is 0.434 e. The quantitative estimate of drug-likeness (QED) is 0.674. The predicted molar refractivity (Wildman–Crippen MR) is 74.7 cm³/mol. The van der Waals surface area contributed by atoms with Gasteiger partial charge in [-0.25, -0.2) is 4.68 Å². The Kier molecular flexibility index (Phi) is 4.78. The highest BCUT2D eigenvalue weighted by molar-refractivity contribution is 5.95. The van der Waals surface area contributed by atoms with E-state index in [1.54, 1.807) is 0 Å². The van der Waals surface area contributed by atoms with Gasteiger partial charge in [0.25, 0.3) is 5.91 Å². The van der Waals surface area contributed by atoms with Crippen LogP contribution in [0.1, 0.15) is 21.6 Å². The number of alkyl halides is 6. The van der Waals surface area contributed by atoms with Crippen molar-refractivity contribution in [3.8, 4) is 18.0 Å². The Labute approximate surface area is 137 Å². The summed E-state index contributed by atoms with van der Waals surface area (Å²) in [7, 11) is 0. The van der Waals surface area contributed by atoms with Crippen molar-refractivity contribution in [2.24, 2.45) is 0 Å². The number of aromatic nitrogens is 2. The van der Waals surface area contributed by atoms with Gasteiger partial charge in [-0.3, -0.25) is 4.79 Å². The van der Waals surface area contributed by atoms with Gasteiger partial charge in [0, 0.05) is 0 Å². The molecule has 0 saturated heterocycles. The molecule has 4 nitrogen and oxygen atoms in total. The van der Waals surface area contributed by atoms with Gasteiger partial charge in [-0.1, -0.05) is 12.0 Å². The first-order valence-corrected chi connectivity index (χ1v) is 6.60. The van der Waals surface area contributed by atoms with E-state index in [2.05, 4.69) is 10.4 Å². The number of nitrogens with one attached hydrogen (secondary N) is 1. The van der Waals surface area contributed by atoms with Gasteiger partial charge in [0.15, 0.2) is 5.69 Å². The number of hydrogen-bond donors (Lipinski definition) is 1. The highest BCUT2D eigenvalue weighted by Gasteiger charge is 2.41. The van der Waals surface area contributed by atoms with Gasteiger partial charge < -0.3 is 5.32 Å². The highest BCUT2D eigenvalue weighted by Crippen LogP contribution is 2.35. The summed E-state index contributed by atoms with van der Waals surface area (Å²) in [6.07, 6.45) is -4.24. The van der Waals surface area contributed by atoms with Crippen molar-refractivity contribution in [2.75, 3.05) is 6.54 Å². The molecule has 132 valence electrons. The molecule has 0 fully saturated rings. The number of rotatable bonds is 3. The molecule has 1 aromatic carbocycles. The maximum atomic E-state index is 13.3. The van der Waals surface area contributed by atoms with Gasteiger partial charge >= 0.3 is 12.4 Å². The Morgan fingerprint density at radius 3 is 2.44 bits per heavy atom. The summed E-state index contributed by atoms with van der Waals surface area (Å²) >= 11 is 0. The number of hydrogen-bond acceptors (Lipinski definition) is 2. The fraction of sp³-hybridized carbons (Fsp3) is 0.200. The molecule has 10 heteroatoms. The Balaban J connectivity index is 2.58. The van der Waals surface area contributed by atoms with Crippen LogP contribution in [0.5, 0.6) is 0 Å². The van der Waals surface area contributed by atoms with Gasteiger partial charge in [0.05, 0.1) is 29.6 Å². The molecule has 0 aliphatic rings. The lowest BCUT2D eigenvalue weighted by molar-refractivity contribution is -0.143. The third kappa shape index (κ3) is 3.93. The Hall–Kier alpha value is -2.96. The van der Waals surface area contributed by atoms with Crippen molar-refractivity contribution in [1.82, 2.24) is 15.1 Å². The zero-order chi connectivity index (χ0) is 18.8. The van der Waals surface area contributed by atoms with E-state index >= 15 is 0 Å². The molecular formula is C15H9F6N3O. The number of carbonyl (C=O) groups excluding carboxylic acids is 1. The maximum Gasteiger partial charge on any atom is 0.434 e. The smallest absolute Gasteiger partial charge is 0.341 e. The van der Waals surface area contributed by atoms with Crippen molar-refractivity contribution in [3.05, 3.63) is 47.3 Å². The number of halogens is 6. The molecule has 1 aromatic heterocycles. The van der Waals surface area contributed by atoms with Crippen LogP contribution in [0.4, 0.5) is 26.3 Å². The molecule has 0 spiro atoms. The molecule has 0 saturated carbocycles. The van der Waals surface area contributed by atoms with E-state index < -0.39 is 40.8 Å². The first-order valence-electron chi connectivity index (χ1n) is 6.60. The normalized spacial score (nSPS) is 11.9. The van der Waals surface area contributed by atoms with E-state index in [0.717, 1.165) is 12.1 Å². The molecule has 1 amide bonds. The van der Waals surface area contributed by atoms with E-state index in [9.17, 15) is 31.1 Å². The average Bonchev–Trinajstić information content (AvgIpc) is 2.97. The second-order valence-corrected chi connectivity index (χ2v) is 4.75. The molecule has 0 unspecified atom stereocenters. The fourth-order valence-corrected chi connectivity index (χ4v) is 2.02. The molecule has 0 atom stereocenters. The molecule has 2 aromatic rings. The first kappa shape index (κ1) is 18.4. The Morgan fingerprint density at radius 2 is 1.88 bits per heavy atom. The summed E-state index contributed by atoms with van der Waals surface area (Å²) in [4.78, 5) is 11.8. The summed E-state index contributed by atoms with van der Waals surface area (Å²) < 4.78 is 78.5. The number of terminal acetylenes is 1. The minimum atomic E-state index is -5.03. The summed E-state index contributed by atoms with van der Waals surface area (Å²) in [6.45, 7) is -0.315. The molecule has 0 aliphatic carbocycles. The maximum absolute atomic E-state index is 13.3. The zero-order valence-electron chi connectivity index (χ0n) is 12.2. The molecule has 0 bridgehead atoms. The topological polar surface area (TPSA) is 46.9 Å². The number of carbonyl (C=O) groups is 1. The van der Waals surface area contributed by atoms with Crippen LogP contribution in [-0.4, -0.2) is 22.2 Å². The van der Waals surface area contributed by atoms with E-state index in [0.29, 0.717) is 18.3 Å². The van der Waals surface area contributed by atoms with E-state index in [4.69, 9.17) is 6.42 Å². The van der Waals surface area contributed by atoms with Crippen molar-refractivity contribution in [2.45, 2.75) is 12.4 Å². The first-order chi connectivity index (χ1) is 11.6. The van der Waals surface area contributed by atoms with E-state index in [-0.39, 0.29) is 11.2 Å². The predicted octanol–water partition coefficient (Wildman–Crippen LogP) is 3.27. The van der Waals surface area contributed by atoms with Crippen LogP contribution in [0.3, 0.4) is 0 Å². The Morgan fingerprint density at radius 1 is 1.20 bits per heavy atom. The van der Waals surface area contributed by atoms with Gasteiger partial charge in [0.2, 0.25) is 0 Å². The average molecular weight is 361 g/mol. The van der Waals surface area contributed by atoms with E-state index in [1.165, 1.54) is 0 Å². The highest BCUT2D eigenvalue weighted by atomic mass is 19.4. The van der Waals surface area contributed by atoms with Gasteiger partial charge in [-0.15, -0.1) is 6.42 Å². The summed E-state index contributed by atoms with van der Waals surface area (Å²) in [5.41, 5.74) is -3.98. The lowest BCUT2D eigenvalue weighted by atomic mass is 10.1. The van der Waals surface area contributed by atoms with Crippen LogP contribution in [-0.2, 0) is 12.4 Å². The SMILES string of the molecule is C#CCNC(=O)c1cnn(-c2cccc(C(F)(F)F)c2)c1C(F)(F)F. The number of benzene rings is 1. The minimum absolute atomic E-state index is 0.236. The third-order valence-corrected chi connectivity index (χ3v) is 3.05. The van der Waals surface area contributed by atoms with Crippen molar-refractivity contribution in [1.29, 1.82) is 0 Å². The van der Waals surface area contributed by atoms with Crippen molar-refractivity contribution in [3.63, 3.8) is 0 Å². The van der Waals surface area contributed by atoms with Crippen molar-refractivity contribution >= 4 is 5.91 Å². The van der Waals surface area contributed by atoms with Crippen LogP contribution < -0.4 is 5.32 Å². The standard InChI is InChI=1S/C15H9F6N3O/c1-2-6-22-13(25)11-8-23-24(12(11)15(19,20)21)10-5-3-4-9(7-10)14(16,17)18/h1,3-5,7-8H,6H2,(H,22,25). The van der Waals surface area contributed by atoms with Crippen LogP contribution in [0, 0.1) is 12.3 Å². The lowest BCUT2D eigenvalue weighted by Gasteiger charge is -2.14. The molecular weight excluding hydrogens is 352 g/mol. The van der Waals surface area contributed by atoms with Crippen LogP contribution >= 0.6 is 0 Å². The molecule has 0 aliphatic heterocycles. The minimum Gasteiger partial charge on any atom is -0.341 e. The summed E-state index contributed by atoms with van der Waals surface area (Å²) in [5, 5.41) is 5.48. The zero-order valence-corrected chi connectivity index (χ0v) is 12.2. The van der Waals surface area contributed by atoms with E-state index in [1.807, 2.05) is 5.92 Å². The van der Waals surface area contributed by atoms with Crippen LogP contribution in [0.15, 0.2) is 30.5 Å². The molecule has 1 heterocycles. The molecule has 1 N–H and O–H groups in total. The monoisotopic (exact) mass is 361 g/mol. The summed E-state index contributed by atoms with van der Waals surface area (Å²) in [5.74, 6) is 0.888. The van der Waals surface area contributed by atoms with Gasteiger partial charge in [-0.05, 0) is 18.2 Å².